The van der Waals surface area contributed by atoms with E-state index < -0.39 is 17.6 Å². The highest BCUT2D eigenvalue weighted by atomic mass is 19.4. The summed E-state index contributed by atoms with van der Waals surface area (Å²) in [4.78, 5) is 29.0. The third-order valence-corrected chi connectivity index (χ3v) is 5.76. The van der Waals surface area contributed by atoms with E-state index in [9.17, 15) is 22.8 Å². The van der Waals surface area contributed by atoms with Crippen molar-refractivity contribution in [1.29, 1.82) is 0 Å². The van der Waals surface area contributed by atoms with Gasteiger partial charge in [0.1, 0.15) is 0 Å². The van der Waals surface area contributed by atoms with Crippen molar-refractivity contribution in [2.75, 3.05) is 38.0 Å². The van der Waals surface area contributed by atoms with Gasteiger partial charge >= 0.3 is 6.18 Å². The van der Waals surface area contributed by atoms with Gasteiger partial charge in [0.2, 0.25) is 5.91 Å². The van der Waals surface area contributed by atoms with Gasteiger partial charge in [0.05, 0.1) is 23.4 Å². The number of aromatic nitrogens is 1. The van der Waals surface area contributed by atoms with Crippen LogP contribution in [0.1, 0.15) is 33.7 Å². The molecular weight excluding hydrogens is 409 g/mol. The monoisotopic (exact) mass is 436 g/mol. The van der Waals surface area contributed by atoms with Gasteiger partial charge in [0.15, 0.2) is 0 Å². The molecule has 0 atom stereocenters. The molecule has 1 aliphatic heterocycles. The van der Waals surface area contributed by atoms with E-state index in [1.807, 2.05) is 36.4 Å². The number of anilines is 1. The Morgan fingerprint density at radius 2 is 1.77 bits per heavy atom. The maximum atomic E-state index is 13.1. The van der Waals surface area contributed by atoms with Crippen molar-refractivity contribution in [3.63, 3.8) is 0 Å². The Labute approximate surface area is 179 Å². The molecule has 31 heavy (non-hydrogen) atoms. The number of hydrogen-bond acceptors (Lipinski definition) is 3. The molecular formula is C22H27F3N4O2. The lowest BCUT2D eigenvalue weighted by molar-refractivity contribution is -0.137. The molecule has 2 heterocycles. The minimum atomic E-state index is -4.54. The quantitative estimate of drug-likeness (QED) is 0.799. The lowest BCUT2D eigenvalue weighted by atomic mass is 10.1. The Bertz CT molecular complexity index is 968. The Hall–Kier alpha value is -2.81. The van der Waals surface area contributed by atoms with Crippen LogP contribution in [0, 0.1) is 13.8 Å². The summed E-state index contributed by atoms with van der Waals surface area (Å²) in [6.45, 7) is 5.92. The Morgan fingerprint density at radius 1 is 1.06 bits per heavy atom. The predicted molar refractivity (Wildman–Crippen MR) is 112 cm³/mol. The molecule has 2 amide bonds. The van der Waals surface area contributed by atoms with Crippen LogP contribution in [-0.2, 0) is 18.0 Å². The van der Waals surface area contributed by atoms with Crippen LogP contribution < -0.4 is 5.32 Å². The van der Waals surface area contributed by atoms with Gasteiger partial charge in [-0.3, -0.25) is 14.5 Å². The number of para-hydroxylation sites is 1. The molecule has 1 aliphatic rings. The number of benzene rings is 1. The highest BCUT2D eigenvalue weighted by Gasteiger charge is 2.33. The van der Waals surface area contributed by atoms with Gasteiger partial charge in [0, 0.05) is 44.6 Å². The molecule has 0 saturated carbocycles. The van der Waals surface area contributed by atoms with Gasteiger partial charge in [-0.2, -0.15) is 13.2 Å². The Balaban J connectivity index is 1.60. The van der Waals surface area contributed by atoms with Crippen LogP contribution in [0.4, 0.5) is 18.9 Å². The van der Waals surface area contributed by atoms with Crippen LogP contribution in [0.25, 0.3) is 0 Å². The van der Waals surface area contributed by atoms with E-state index in [1.54, 1.807) is 4.90 Å². The third kappa shape index (κ3) is 5.28. The fourth-order valence-electron chi connectivity index (χ4n) is 3.81. The smallest absolute Gasteiger partial charge is 0.351 e. The van der Waals surface area contributed by atoms with Crippen LogP contribution in [0.3, 0.4) is 0 Å². The summed E-state index contributed by atoms with van der Waals surface area (Å²) >= 11 is 0. The number of hydrogen-bond donors (Lipinski definition) is 1. The summed E-state index contributed by atoms with van der Waals surface area (Å²) in [6.07, 6.45) is -3.86. The zero-order chi connectivity index (χ0) is 22.8. The van der Waals surface area contributed by atoms with Crippen molar-refractivity contribution < 1.29 is 22.8 Å². The molecule has 0 aliphatic carbocycles. The second kappa shape index (κ2) is 9.13. The maximum Gasteiger partial charge on any atom is 0.418 e. The number of alkyl halides is 3. The number of nitrogens with one attached hydrogen (secondary N) is 1. The molecule has 0 bridgehead atoms. The molecule has 0 spiro atoms. The normalized spacial score (nSPS) is 15.6. The summed E-state index contributed by atoms with van der Waals surface area (Å²) in [7, 11) is 1.92. The van der Waals surface area contributed by atoms with Crippen LogP contribution in [0.2, 0.25) is 0 Å². The standard InChI is InChI=1S/C22H27F3N4O2/c1-15-13-17(16(2)27(15)3)21(31)29-10-6-9-28(11-12-29)14-20(30)26-19-8-5-4-7-18(19)22(23,24)25/h4-5,7-8,13H,6,9-12,14H2,1-3H3,(H,26,30). The zero-order valence-electron chi connectivity index (χ0n) is 17.9. The SMILES string of the molecule is Cc1cc(C(=O)N2CCCN(CC(=O)Nc3ccccc3C(F)(F)F)CC2)c(C)n1C. The fraction of sp³-hybridized carbons (Fsp3) is 0.455. The van der Waals surface area contributed by atoms with Gasteiger partial charge < -0.3 is 14.8 Å². The minimum absolute atomic E-state index is 0.0301. The molecule has 6 nitrogen and oxygen atoms in total. The van der Waals surface area contributed by atoms with E-state index in [-0.39, 0.29) is 18.1 Å². The zero-order valence-corrected chi connectivity index (χ0v) is 17.9. The number of rotatable bonds is 4. The van der Waals surface area contributed by atoms with Crippen molar-refractivity contribution in [3.8, 4) is 0 Å². The number of halogens is 3. The highest BCUT2D eigenvalue weighted by molar-refractivity contribution is 5.96. The molecule has 1 N–H and O–H groups in total. The first-order chi connectivity index (χ1) is 14.6. The van der Waals surface area contributed by atoms with Gasteiger partial charge in [-0.1, -0.05) is 12.1 Å². The second-order valence-corrected chi connectivity index (χ2v) is 7.86. The number of nitrogens with zero attached hydrogens (tertiary/aromatic N) is 3. The molecule has 1 aromatic heterocycles. The number of amides is 2. The van der Waals surface area contributed by atoms with Gasteiger partial charge in [-0.15, -0.1) is 0 Å². The molecule has 0 unspecified atom stereocenters. The molecule has 1 saturated heterocycles. The van der Waals surface area contributed by atoms with Gasteiger partial charge in [-0.05, 0) is 38.5 Å². The second-order valence-electron chi connectivity index (χ2n) is 7.86. The van der Waals surface area contributed by atoms with Crippen molar-refractivity contribution in [2.24, 2.45) is 7.05 Å². The van der Waals surface area contributed by atoms with Gasteiger partial charge in [0.25, 0.3) is 5.91 Å². The lowest BCUT2D eigenvalue weighted by Crippen LogP contribution is -2.38. The summed E-state index contributed by atoms with van der Waals surface area (Å²) in [5, 5.41) is 2.38. The Morgan fingerprint density at radius 3 is 2.42 bits per heavy atom. The van der Waals surface area contributed by atoms with Crippen LogP contribution >= 0.6 is 0 Å². The average molecular weight is 436 g/mol. The maximum absolute atomic E-state index is 13.1. The summed E-state index contributed by atoms with van der Waals surface area (Å²) in [5.74, 6) is -0.544. The van der Waals surface area contributed by atoms with E-state index in [0.717, 1.165) is 17.5 Å². The molecule has 0 radical (unpaired) electrons. The molecule has 1 fully saturated rings. The topological polar surface area (TPSA) is 57.6 Å². The first kappa shape index (κ1) is 22.9. The highest BCUT2D eigenvalue weighted by Crippen LogP contribution is 2.34. The number of aryl methyl sites for hydroxylation is 1. The third-order valence-electron chi connectivity index (χ3n) is 5.76. The molecule has 3 rings (SSSR count). The molecule has 168 valence electrons. The first-order valence-electron chi connectivity index (χ1n) is 10.2. The van der Waals surface area contributed by atoms with E-state index in [0.29, 0.717) is 38.2 Å². The van der Waals surface area contributed by atoms with E-state index in [4.69, 9.17) is 0 Å². The van der Waals surface area contributed by atoms with Crippen LogP contribution in [-0.4, -0.2) is 58.9 Å². The van der Waals surface area contributed by atoms with E-state index >= 15 is 0 Å². The van der Waals surface area contributed by atoms with Crippen LogP contribution in [0.15, 0.2) is 30.3 Å². The minimum Gasteiger partial charge on any atom is -0.351 e. The first-order valence-corrected chi connectivity index (χ1v) is 10.2. The molecule has 1 aromatic carbocycles. The predicted octanol–water partition coefficient (Wildman–Crippen LogP) is 3.45. The van der Waals surface area contributed by atoms with Crippen molar-refractivity contribution in [2.45, 2.75) is 26.4 Å². The largest absolute Gasteiger partial charge is 0.418 e. The van der Waals surface area contributed by atoms with E-state index in [1.165, 1.54) is 18.2 Å². The van der Waals surface area contributed by atoms with Gasteiger partial charge in [-0.25, -0.2) is 0 Å². The number of carbonyl (C=O) groups excluding carboxylic acids is 2. The fourth-order valence-corrected chi connectivity index (χ4v) is 3.81. The summed E-state index contributed by atoms with van der Waals surface area (Å²) < 4.78 is 41.3. The van der Waals surface area contributed by atoms with Crippen molar-refractivity contribution >= 4 is 17.5 Å². The lowest BCUT2D eigenvalue weighted by Gasteiger charge is -2.22. The van der Waals surface area contributed by atoms with E-state index in [2.05, 4.69) is 5.32 Å². The van der Waals surface area contributed by atoms with Crippen LogP contribution in [0.5, 0.6) is 0 Å². The van der Waals surface area contributed by atoms with Crippen molar-refractivity contribution in [1.82, 2.24) is 14.4 Å². The average Bonchev–Trinajstić information content (AvgIpc) is 2.87. The molecule has 2 aromatic rings. The Kier molecular flexibility index (Phi) is 6.74. The number of carbonyl (C=O) groups is 2. The summed E-state index contributed by atoms with van der Waals surface area (Å²) in [5.41, 5.74) is 1.47. The summed E-state index contributed by atoms with van der Waals surface area (Å²) in [6, 6.07) is 6.81. The molecule has 9 heteroatoms. The van der Waals surface area contributed by atoms with Crippen molar-refractivity contribution in [3.05, 3.63) is 52.8 Å².